The van der Waals surface area contributed by atoms with Gasteiger partial charge in [0.1, 0.15) is 0 Å². The Balaban J connectivity index is 0.000000360. The fourth-order valence-electron chi connectivity index (χ4n) is 4.78. The highest BCUT2D eigenvalue weighted by atomic mass is 19.4. The Morgan fingerprint density at radius 3 is 2.34 bits per heavy atom. The second kappa shape index (κ2) is 9.32. The van der Waals surface area contributed by atoms with Crippen molar-refractivity contribution in [2.75, 3.05) is 19.6 Å². The number of carboxylic acid groups (broad SMARTS) is 1. The van der Waals surface area contributed by atoms with Gasteiger partial charge in [-0.3, -0.25) is 14.4 Å². The van der Waals surface area contributed by atoms with E-state index in [9.17, 15) is 18.0 Å². The number of fused-ring (bicyclic) bond motifs is 1. The van der Waals surface area contributed by atoms with Crippen molar-refractivity contribution in [3.63, 3.8) is 0 Å². The van der Waals surface area contributed by atoms with Crippen LogP contribution in [0.15, 0.2) is 42.7 Å². The largest absolute Gasteiger partial charge is 0.490 e. The number of halogens is 3. The second-order valence-electron chi connectivity index (χ2n) is 8.31. The van der Waals surface area contributed by atoms with Gasteiger partial charge in [-0.05, 0) is 24.9 Å². The molecule has 174 valence electrons. The van der Waals surface area contributed by atoms with Crippen molar-refractivity contribution in [1.29, 1.82) is 0 Å². The van der Waals surface area contributed by atoms with Crippen LogP contribution in [0.2, 0.25) is 0 Å². The molecule has 2 saturated heterocycles. The Morgan fingerprint density at radius 2 is 1.81 bits per heavy atom. The molecule has 32 heavy (non-hydrogen) atoms. The number of likely N-dealkylation sites (tertiary alicyclic amines) is 2. The molecule has 2 atom stereocenters. The molecule has 1 aromatic carbocycles. The zero-order chi connectivity index (χ0) is 23.5. The molecule has 1 N–H and O–H groups in total. The predicted molar refractivity (Wildman–Crippen MR) is 111 cm³/mol. The van der Waals surface area contributed by atoms with Gasteiger partial charge in [-0.25, -0.2) is 4.79 Å². The van der Waals surface area contributed by atoms with E-state index >= 15 is 0 Å². The molecule has 2 aliphatic rings. The minimum absolute atomic E-state index is 0.109. The van der Waals surface area contributed by atoms with E-state index in [2.05, 4.69) is 51.4 Å². The normalized spacial score (nSPS) is 23.3. The Morgan fingerprint density at radius 1 is 1.19 bits per heavy atom. The summed E-state index contributed by atoms with van der Waals surface area (Å²) in [6.45, 7) is 5.48. The van der Waals surface area contributed by atoms with Crippen LogP contribution in [-0.4, -0.2) is 68.4 Å². The lowest BCUT2D eigenvalue weighted by atomic mass is 9.69. The van der Waals surface area contributed by atoms with E-state index in [4.69, 9.17) is 9.90 Å². The first-order chi connectivity index (χ1) is 15.0. The van der Waals surface area contributed by atoms with Crippen molar-refractivity contribution in [3.05, 3.63) is 53.9 Å². The fourth-order valence-corrected chi connectivity index (χ4v) is 4.78. The van der Waals surface area contributed by atoms with Crippen molar-refractivity contribution < 1.29 is 27.9 Å². The van der Waals surface area contributed by atoms with Gasteiger partial charge in [0, 0.05) is 50.8 Å². The summed E-state index contributed by atoms with van der Waals surface area (Å²) in [7, 11) is 1.95. The molecule has 2 fully saturated rings. The molecular weight excluding hydrogens is 425 g/mol. The fraction of sp³-hybridized carbons (Fsp3) is 0.500. The Kier molecular flexibility index (Phi) is 6.92. The molecule has 0 spiro atoms. The highest BCUT2D eigenvalue weighted by Crippen LogP contribution is 2.46. The first-order valence-corrected chi connectivity index (χ1v) is 10.4. The number of piperidine rings is 1. The van der Waals surface area contributed by atoms with Crippen LogP contribution in [0, 0.1) is 0 Å². The van der Waals surface area contributed by atoms with Gasteiger partial charge < -0.3 is 10.0 Å². The van der Waals surface area contributed by atoms with Crippen LogP contribution in [0.1, 0.15) is 30.9 Å². The van der Waals surface area contributed by atoms with Crippen molar-refractivity contribution in [2.24, 2.45) is 7.05 Å². The van der Waals surface area contributed by atoms with Crippen molar-refractivity contribution in [1.82, 2.24) is 19.6 Å². The summed E-state index contributed by atoms with van der Waals surface area (Å²) >= 11 is 0. The number of alkyl halides is 3. The van der Waals surface area contributed by atoms with Gasteiger partial charge in [0.2, 0.25) is 5.91 Å². The van der Waals surface area contributed by atoms with Gasteiger partial charge in [-0.1, -0.05) is 30.3 Å². The lowest BCUT2D eigenvalue weighted by molar-refractivity contribution is -0.192. The molecule has 2 aromatic rings. The van der Waals surface area contributed by atoms with E-state index in [-0.39, 0.29) is 17.4 Å². The second-order valence-corrected chi connectivity index (χ2v) is 8.31. The average Bonchev–Trinajstić information content (AvgIpc) is 3.32. The van der Waals surface area contributed by atoms with E-state index in [1.807, 2.05) is 17.9 Å². The van der Waals surface area contributed by atoms with Gasteiger partial charge in [0.05, 0.1) is 12.2 Å². The maximum atomic E-state index is 12.2. The topological polar surface area (TPSA) is 78.7 Å². The monoisotopic (exact) mass is 452 g/mol. The van der Waals surface area contributed by atoms with E-state index < -0.39 is 12.1 Å². The number of carboxylic acids is 1. The summed E-state index contributed by atoms with van der Waals surface area (Å²) in [6, 6.07) is 11.1. The van der Waals surface area contributed by atoms with Crippen LogP contribution in [0.3, 0.4) is 0 Å². The number of aliphatic carboxylic acids is 1. The van der Waals surface area contributed by atoms with E-state index in [1.54, 1.807) is 6.92 Å². The molecule has 7 nitrogen and oxygen atoms in total. The molecular formula is C22H27F3N4O3. The molecule has 4 rings (SSSR count). The Hall–Kier alpha value is -2.88. The van der Waals surface area contributed by atoms with Gasteiger partial charge in [-0.15, -0.1) is 0 Å². The van der Waals surface area contributed by atoms with Crippen molar-refractivity contribution in [3.8, 4) is 0 Å². The summed E-state index contributed by atoms with van der Waals surface area (Å²) in [5, 5.41) is 11.4. The smallest absolute Gasteiger partial charge is 0.475 e. The summed E-state index contributed by atoms with van der Waals surface area (Å²) in [4.78, 5) is 25.7. The standard InChI is InChI=1S/C20H26N4O.C2HF3O2/c1-16(25)24-11-9-20(18-6-4-3-5-7-18)8-10-23(15-19(20)24)14-17-12-21-22(2)13-17;3-2(4,5)1(6)7/h3-7,12-13,19H,8-11,14-15H2,1-2H3;(H,6,7). The third-order valence-corrected chi connectivity index (χ3v) is 6.28. The molecule has 10 heteroatoms. The first kappa shape index (κ1) is 23.8. The zero-order valence-corrected chi connectivity index (χ0v) is 18.0. The minimum Gasteiger partial charge on any atom is -0.475 e. The number of benzene rings is 1. The highest BCUT2D eigenvalue weighted by Gasteiger charge is 2.51. The van der Waals surface area contributed by atoms with Gasteiger partial charge in [0.25, 0.3) is 0 Å². The number of aromatic nitrogens is 2. The average molecular weight is 452 g/mol. The number of hydrogen-bond acceptors (Lipinski definition) is 4. The predicted octanol–water partition coefficient (Wildman–Crippen LogP) is 2.82. The molecule has 0 saturated carbocycles. The van der Waals surface area contributed by atoms with Crippen molar-refractivity contribution >= 4 is 11.9 Å². The SMILES string of the molecule is CC(=O)N1CCC2(c3ccccc3)CCN(Cc3cnn(C)c3)CC12.O=C(O)C(F)(F)F. The Labute approximate surface area is 184 Å². The molecule has 0 bridgehead atoms. The number of rotatable bonds is 3. The van der Waals surface area contributed by atoms with Gasteiger partial charge in [-0.2, -0.15) is 18.3 Å². The summed E-state index contributed by atoms with van der Waals surface area (Å²) < 4.78 is 33.6. The minimum atomic E-state index is -5.08. The van der Waals surface area contributed by atoms with E-state index in [0.29, 0.717) is 0 Å². The quantitative estimate of drug-likeness (QED) is 0.775. The van der Waals surface area contributed by atoms with Gasteiger partial charge >= 0.3 is 12.1 Å². The molecule has 2 aliphatic heterocycles. The lowest BCUT2D eigenvalue weighted by Crippen LogP contribution is -2.56. The van der Waals surface area contributed by atoms with E-state index in [0.717, 1.165) is 39.0 Å². The number of carbonyl (C=O) groups is 2. The zero-order valence-electron chi connectivity index (χ0n) is 18.0. The molecule has 1 amide bonds. The summed E-state index contributed by atoms with van der Waals surface area (Å²) in [5.41, 5.74) is 2.74. The maximum absolute atomic E-state index is 12.2. The molecule has 0 aliphatic carbocycles. The molecule has 2 unspecified atom stereocenters. The maximum Gasteiger partial charge on any atom is 0.490 e. The van der Waals surface area contributed by atoms with Crippen LogP contribution in [-0.2, 0) is 28.6 Å². The third-order valence-electron chi connectivity index (χ3n) is 6.28. The molecule has 0 radical (unpaired) electrons. The number of hydrogen-bond donors (Lipinski definition) is 1. The van der Waals surface area contributed by atoms with Crippen LogP contribution in [0.25, 0.3) is 0 Å². The molecule has 1 aromatic heterocycles. The van der Waals surface area contributed by atoms with Crippen LogP contribution in [0.5, 0.6) is 0 Å². The number of nitrogens with zero attached hydrogens (tertiary/aromatic N) is 4. The molecule has 3 heterocycles. The van der Waals surface area contributed by atoms with E-state index in [1.165, 1.54) is 11.1 Å². The number of amides is 1. The highest BCUT2D eigenvalue weighted by molar-refractivity contribution is 5.74. The Bertz CT molecular complexity index is 947. The van der Waals surface area contributed by atoms with Crippen LogP contribution >= 0.6 is 0 Å². The number of carbonyl (C=O) groups excluding carboxylic acids is 1. The summed E-state index contributed by atoms with van der Waals surface area (Å²) in [6.07, 6.45) is 1.11. The summed E-state index contributed by atoms with van der Waals surface area (Å²) in [5.74, 6) is -2.56. The third kappa shape index (κ3) is 5.12. The van der Waals surface area contributed by atoms with Crippen molar-refractivity contribution in [2.45, 2.75) is 43.9 Å². The van der Waals surface area contributed by atoms with Crippen LogP contribution in [0.4, 0.5) is 13.2 Å². The number of aryl methyl sites for hydroxylation is 1. The first-order valence-electron chi connectivity index (χ1n) is 10.4. The lowest BCUT2D eigenvalue weighted by Gasteiger charge is -2.46. The van der Waals surface area contributed by atoms with Gasteiger partial charge in [0.15, 0.2) is 0 Å². The van der Waals surface area contributed by atoms with Crippen LogP contribution < -0.4 is 0 Å².